The predicted molar refractivity (Wildman–Crippen MR) is 192 cm³/mol. The SMILES string of the molecule is Cc1cn2nc(C3CCCCCN3)cc2nc1Cl.Cc1cn2nc(C3CCCCCN3C(=O)OC(C)(C)C)cc2[nH]c1=O.O=P(Cl)(Cl)Cl. The minimum Gasteiger partial charge on any atom is -0.444 e. The molecule has 0 bridgehead atoms. The average molecular weight is 765 g/mol. The van der Waals surface area contributed by atoms with Crippen molar-refractivity contribution in [1.29, 1.82) is 0 Å². The number of halogens is 4. The second kappa shape index (κ2) is 16.6. The third-order valence-corrected chi connectivity index (χ3v) is 8.28. The summed E-state index contributed by atoms with van der Waals surface area (Å²) < 4.78 is 18.6. The molecule has 2 N–H and O–H groups in total. The summed E-state index contributed by atoms with van der Waals surface area (Å²) in [4.78, 5) is 33.5. The van der Waals surface area contributed by atoms with E-state index in [4.69, 9.17) is 16.3 Å². The lowest BCUT2D eigenvalue weighted by atomic mass is 10.1. The molecule has 0 aliphatic carbocycles. The van der Waals surface area contributed by atoms with Crippen LogP contribution in [0.2, 0.25) is 5.15 Å². The molecular weight excluding hydrogens is 721 g/mol. The van der Waals surface area contributed by atoms with E-state index in [1.807, 2.05) is 50.5 Å². The van der Waals surface area contributed by atoms with E-state index in [2.05, 4.69) is 59.2 Å². The lowest BCUT2D eigenvalue weighted by molar-refractivity contribution is 0.0159. The van der Waals surface area contributed by atoms with Gasteiger partial charge in [-0.05, 0) is 101 Å². The van der Waals surface area contributed by atoms with Crippen LogP contribution in [0.5, 0.6) is 0 Å². The van der Waals surface area contributed by atoms with Gasteiger partial charge in [-0.15, -0.1) is 0 Å². The van der Waals surface area contributed by atoms with Crippen LogP contribution in [0, 0.1) is 13.8 Å². The number of ether oxygens (including phenoxy) is 1. The Labute approximate surface area is 299 Å². The van der Waals surface area contributed by atoms with Gasteiger partial charge in [0.15, 0.2) is 5.65 Å². The van der Waals surface area contributed by atoms with Gasteiger partial charge in [0.1, 0.15) is 16.4 Å². The van der Waals surface area contributed by atoms with Gasteiger partial charge in [-0.25, -0.2) is 18.8 Å². The highest BCUT2D eigenvalue weighted by atomic mass is 36.0. The van der Waals surface area contributed by atoms with Crippen molar-refractivity contribution in [1.82, 2.24) is 39.4 Å². The number of nitrogens with zero attached hydrogens (tertiary/aromatic N) is 6. The zero-order chi connectivity index (χ0) is 35.2. The van der Waals surface area contributed by atoms with E-state index in [1.165, 1.54) is 19.3 Å². The standard InChI is InChI=1S/C18H26N4O3.C13H17ClN4.Cl3OP/c1-12-11-22-15(19-16(12)23)10-13(20-22)14-8-6-5-7-9-21(14)17(24)25-18(2,3)4;1-9-8-18-12(16-13(9)14)7-11(17-18)10-5-3-2-4-6-15-10;1-5(2,3)4/h10-11,14H,5-9H2,1-4H3,(H,19,23);7-8,10,15H,2-6H2,1H3;. The van der Waals surface area contributed by atoms with Gasteiger partial charge >= 0.3 is 11.3 Å². The highest BCUT2D eigenvalue weighted by Gasteiger charge is 2.32. The van der Waals surface area contributed by atoms with Gasteiger partial charge in [0.05, 0.1) is 23.5 Å². The second-order valence-corrected chi connectivity index (χ2v) is 20.0. The lowest BCUT2D eigenvalue weighted by Crippen LogP contribution is -2.39. The Bertz CT molecular complexity index is 1760. The second-order valence-electron chi connectivity index (χ2n) is 13.0. The Hall–Kier alpha value is -2.34. The first-order valence-corrected chi connectivity index (χ1v) is 20.8. The fourth-order valence-electron chi connectivity index (χ4n) is 5.64. The summed E-state index contributed by atoms with van der Waals surface area (Å²) >= 11 is 19.9. The van der Waals surface area contributed by atoms with Crippen LogP contribution in [-0.4, -0.2) is 58.9 Å². The van der Waals surface area contributed by atoms with Crippen molar-refractivity contribution in [2.45, 2.75) is 104 Å². The van der Waals surface area contributed by atoms with Crippen LogP contribution in [0.1, 0.15) is 107 Å². The number of likely N-dealkylation sites (tertiary alicyclic amines) is 1. The minimum atomic E-state index is -3.22. The van der Waals surface area contributed by atoms with Crippen molar-refractivity contribution < 1.29 is 14.1 Å². The highest BCUT2D eigenvalue weighted by Crippen LogP contribution is 2.61. The number of carbonyl (C=O) groups is 1. The number of aromatic amines is 1. The number of aromatic nitrogens is 6. The van der Waals surface area contributed by atoms with Gasteiger partial charge < -0.3 is 15.0 Å². The quantitative estimate of drug-likeness (QED) is 0.153. The maximum absolute atomic E-state index is 12.7. The molecule has 2 atom stereocenters. The summed E-state index contributed by atoms with van der Waals surface area (Å²) in [6, 6.07) is 4.11. The summed E-state index contributed by atoms with van der Waals surface area (Å²) in [5.74, 6) is 0. The van der Waals surface area contributed by atoms with Crippen LogP contribution in [0.3, 0.4) is 0 Å². The topological polar surface area (TPSA) is 139 Å². The molecule has 2 fully saturated rings. The lowest BCUT2D eigenvalue weighted by Gasteiger charge is -2.31. The number of amides is 1. The van der Waals surface area contributed by atoms with E-state index >= 15 is 0 Å². The Balaban J connectivity index is 0.000000197. The first-order valence-electron chi connectivity index (χ1n) is 16.0. The molecule has 2 unspecified atom stereocenters. The Kier molecular flexibility index (Phi) is 13.3. The van der Waals surface area contributed by atoms with Crippen LogP contribution in [0.15, 0.2) is 29.3 Å². The first kappa shape index (κ1) is 38.5. The fourth-order valence-corrected chi connectivity index (χ4v) is 5.77. The van der Waals surface area contributed by atoms with Crippen LogP contribution < -0.4 is 10.9 Å². The molecule has 2 aliphatic rings. The number of nitrogens with one attached hydrogen (secondary N) is 2. The molecule has 264 valence electrons. The molecule has 0 saturated carbocycles. The monoisotopic (exact) mass is 762 g/mol. The summed E-state index contributed by atoms with van der Waals surface area (Å²) in [5.41, 5.74) is 4.23. The zero-order valence-corrected chi connectivity index (χ0v) is 31.7. The van der Waals surface area contributed by atoms with E-state index in [9.17, 15) is 14.2 Å². The van der Waals surface area contributed by atoms with Crippen LogP contribution in [-0.2, 0) is 9.30 Å². The molecule has 2 saturated heterocycles. The molecular formula is C31H43Cl4N8O4P. The Morgan fingerprint density at radius 3 is 2.29 bits per heavy atom. The van der Waals surface area contributed by atoms with Crippen molar-refractivity contribution in [2.24, 2.45) is 0 Å². The van der Waals surface area contributed by atoms with Crippen LogP contribution in [0.4, 0.5) is 4.79 Å². The van der Waals surface area contributed by atoms with Gasteiger partial charge in [-0.3, -0.25) is 14.3 Å². The normalized spacial score (nSPS) is 19.1. The summed E-state index contributed by atoms with van der Waals surface area (Å²) in [5, 5.41) is 10.1. The number of H-pyrrole nitrogens is 1. The maximum Gasteiger partial charge on any atom is 0.410 e. The molecule has 0 aromatic carbocycles. The maximum atomic E-state index is 12.7. The van der Waals surface area contributed by atoms with Crippen molar-refractivity contribution in [2.75, 3.05) is 13.1 Å². The van der Waals surface area contributed by atoms with Crippen molar-refractivity contribution in [3.63, 3.8) is 0 Å². The van der Waals surface area contributed by atoms with Crippen LogP contribution in [0.25, 0.3) is 11.3 Å². The highest BCUT2D eigenvalue weighted by molar-refractivity contribution is 8.24. The number of hydrogen-bond donors (Lipinski definition) is 2. The molecule has 12 nitrogen and oxygen atoms in total. The van der Waals surface area contributed by atoms with Gasteiger partial charge in [0.2, 0.25) is 0 Å². The molecule has 0 radical (unpaired) electrons. The van der Waals surface area contributed by atoms with E-state index in [0.717, 1.165) is 61.2 Å². The van der Waals surface area contributed by atoms with E-state index < -0.39 is 10.8 Å². The number of rotatable bonds is 2. The molecule has 48 heavy (non-hydrogen) atoms. The summed E-state index contributed by atoms with van der Waals surface area (Å²) in [6.45, 7) is 11.0. The Morgan fingerprint density at radius 2 is 1.58 bits per heavy atom. The minimum absolute atomic E-state index is 0.121. The Morgan fingerprint density at radius 1 is 0.938 bits per heavy atom. The molecule has 2 aliphatic heterocycles. The first-order chi connectivity index (χ1) is 22.5. The molecule has 6 rings (SSSR count). The third kappa shape index (κ3) is 11.4. The molecule has 1 amide bonds. The van der Waals surface area contributed by atoms with Gasteiger partial charge in [-0.2, -0.15) is 10.2 Å². The molecule has 6 heterocycles. The van der Waals surface area contributed by atoms with Crippen LogP contribution >= 0.6 is 50.5 Å². The van der Waals surface area contributed by atoms with Gasteiger partial charge in [0, 0.05) is 42.2 Å². The molecule has 17 heteroatoms. The number of aryl methyl sites for hydroxylation is 2. The summed E-state index contributed by atoms with van der Waals surface area (Å²) in [6.07, 6.45) is 12.2. The number of carbonyl (C=O) groups excluding carboxylic acids is 1. The van der Waals surface area contributed by atoms with Crippen molar-refractivity contribution in [3.8, 4) is 0 Å². The van der Waals surface area contributed by atoms with E-state index in [-0.39, 0.29) is 17.7 Å². The molecule has 4 aromatic rings. The fraction of sp³-hybridized carbons (Fsp3) is 0.581. The smallest absolute Gasteiger partial charge is 0.410 e. The summed E-state index contributed by atoms with van der Waals surface area (Å²) in [7, 11) is 0. The predicted octanol–water partition coefficient (Wildman–Crippen LogP) is 8.89. The van der Waals surface area contributed by atoms with E-state index in [1.54, 1.807) is 22.5 Å². The third-order valence-electron chi connectivity index (χ3n) is 7.90. The van der Waals surface area contributed by atoms with Crippen molar-refractivity contribution in [3.05, 3.63) is 62.5 Å². The van der Waals surface area contributed by atoms with Gasteiger partial charge in [-0.1, -0.05) is 37.3 Å². The van der Waals surface area contributed by atoms with E-state index in [0.29, 0.717) is 29.0 Å². The largest absolute Gasteiger partial charge is 0.444 e. The average Bonchev–Trinajstić information content (AvgIpc) is 3.32. The number of hydrogen-bond acceptors (Lipinski definition) is 8. The number of fused-ring (bicyclic) bond motifs is 2. The molecule has 0 spiro atoms. The van der Waals surface area contributed by atoms with Crippen molar-refractivity contribution >= 4 is 67.9 Å². The van der Waals surface area contributed by atoms with Gasteiger partial charge in [0.25, 0.3) is 5.56 Å². The zero-order valence-electron chi connectivity index (χ0n) is 27.8. The molecule has 4 aromatic heterocycles.